The van der Waals surface area contributed by atoms with Gasteiger partial charge < -0.3 is 10.5 Å². The van der Waals surface area contributed by atoms with Gasteiger partial charge in [-0.2, -0.15) is 0 Å². The van der Waals surface area contributed by atoms with Crippen LogP contribution in [0.1, 0.15) is 19.8 Å². The summed E-state index contributed by atoms with van der Waals surface area (Å²) in [6.45, 7) is 5.79. The van der Waals surface area contributed by atoms with Gasteiger partial charge in [0.15, 0.2) is 0 Å². The van der Waals surface area contributed by atoms with Crippen LogP contribution in [0.2, 0.25) is 0 Å². The fourth-order valence-electron chi connectivity index (χ4n) is 0.658. The van der Waals surface area contributed by atoms with Gasteiger partial charge in [-0.15, -0.1) is 0 Å². The summed E-state index contributed by atoms with van der Waals surface area (Å²) in [6, 6.07) is 0. The molecule has 0 aromatic carbocycles. The molecular formula is C7H14NO. The summed E-state index contributed by atoms with van der Waals surface area (Å²) in [6.07, 6.45) is 1.21. The highest BCUT2D eigenvalue weighted by Gasteiger charge is 1.98. The van der Waals surface area contributed by atoms with Crippen molar-refractivity contribution in [1.29, 1.82) is 5.41 Å². The smallest absolute Gasteiger partial charge is 0.0483 e. The van der Waals surface area contributed by atoms with Gasteiger partial charge in [0.25, 0.3) is 0 Å². The minimum atomic E-state index is 0.0888. The monoisotopic (exact) mass is 128 g/mol. The van der Waals surface area contributed by atoms with E-state index in [0.29, 0.717) is 24.5 Å². The molecule has 0 aliphatic heterocycles. The highest BCUT2D eigenvalue weighted by atomic mass is 16.2. The first-order valence-electron chi connectivity index (χ1n) is 3.17. The first kappa shape index (κ1) is 8.63. The van der Waals surface area contributed by atoms with E-state index in [1.807, 2.05) is 6.92 Å². The van der Waals surface area contributed by atoms with Crippen molar-refractivity contribution in [3.63, 3.8) is 0 Å². The second-order valence-electron chi connectivity index (χ2n) is 2.39. The van der Waals surface area contributed by atoms with Crippen molar-refractivity contribution in [1.82, 2.24) is 0 Å². The van der Waals surface area contributed by atoms with E-state index < -0.39 is 0 Å². The Morgan fingerprint density at radius 1 is 1.78 bits per heavy atom. The molecule has 1 unspecified atom stereocenters. The van der Waals surface area contributed by atoms with E-state index >= 15 is 0 Å². The van der Waals surface area contributed by atoms with Crippen LogP contribution in [-0.4, -0.2) is 17.4 Å². The lowest BCUT2D eigenvalue weighted by molar-refractivity contribution is 0.306. The molecule has 53 valence electrons. The van der Waals surface area contributed by atoms with Crippen molar-refractivity contribution >= 4 is 5.71 Å². The van der Waals surface area contributed by atoms with Crippen molar-refractivity contribution in [2.24, 2.45) is 5.92 Å². The molecule has 2 nitrogen and oxygen atoms in total. The van der Waals surface area contributed by atoms with Gasteiger partial charge in [0.2, 0.25) is 0 Å². The van der Waals surface area contributed by atoms with Gasteiger partial charge in [-0.05, 0) is 12.3 Å². The molecule has 0 aromatic rings. The molecule has 0 fully saturated rings. The van der Waals surface area contributed by atoms with Crippen LogP contribution in [0.5, 0.6) is 0 Å². The van der Waals surface area contributed by atoms with E-state index in [4.69, 9.17) is 10.5 Å². The van der Waals surface area contributed by atoms with Crippen LogP contribution in [0.15, 0.2) is 0 Å². The predicted octanol–water partition coefficient (Wildman–Crippen LogP) is 1.25. The van der Waals surface area contributed by atoms with Crippen molar-refractivity contribution in [2.75, 3.05) is 6.61 Å². The lowest BCUT2D eigenvalue weighted by atomic mass is 10.1. The molecule has 1 atom stereocenters. The fourth-order valence-corrected chi connectivity index (χ4v) is 0.658. The molecule has 0 spiro atoms. The van der Waals surface area contributed by atoms with Crippen molar-refractivity contribution in [2.45, 2.75) is 19.8 Å². The molecule has 0 aromatic heterocycles. The zero-order valence-electron chi connectivity index (χ0n) is 5.85. The zero-order chi connectivity index (χ0) is 7.28. The van der Waals surface area contributed by atoms with Crippen molar-refractivity contribution in [3.8, 4) is 0 Å². The van der Waals surface area contributed by atoms with E-state index in [2.05, 4.69) is 6.92 Å². The van der Waals surface area contributed by atoms with Gasteiger partial charge in [0, 0.05) is 18.7 Å². The Balaban J connectivity index is 3.27. The molecule has 2 heteroatoms. The summed E-state index contributed by atoms with van der Waals surface area (Å²) >= 11 is 0. The van der Waals surface area contributed by atoms with E-state index in [1.54, 1.807) is 0 Å². The maximum atomic E-state index is 8.39. The zero-order valence-corrected chi connectivity index (χ0v) is 5.85. The summed E-state index contributed by atoms with van der Waals surface area (Å²) in [5.41, 5.74) is 0.597. The van der Waals surface area contributed by atoms with Gasteiger partial charge in [-0.25, -0.2) is 0 Å². The van der Waals surface area contributed by atoms with Gasteiger partial charge in [0.1, 0.15) is 0 Å². The number of aliphatic hydroxyl groups is 1. The molecule has 0 amide bonds. The van der Waals surface area contributed by atoms with Crippen molar-refractivity contribution in [3.05, 3.63) is 6.92 Å². The molecule has 0 saturated carbocycles. The normalized spacial score (nSPS) is 10.2. The van der Waals surface area contributed by atoms with Crippen molar-refractivity contribution < 1.29 is 5.11 Å². The molecule has 0 heterocycles. The van der Waals surface area contributed by atoms with Gasteiger partial charge in [-0.1, -0.05) is 13.8 Å². The number of rotatable bonds is 4. The number of nitrogens with one attached hydrogen (secondary N) is 1. The number of hydrogen-bond donors (Lipinski definition) is 2. The largest absolute Gasteiger partial charge is 0.396 e. The van der Waals surface area contributed by atoms with Gasteiger partial charge in [0.05, 0.1) is 0 Å². The molecule has 0 saturated heterocycles. The molecule has 0 aliphatic rings. The highest BCUT2D eigenvalue weighted by Crippen LogP contribution is 2.01. The predicted molar refractivity (Wildman–Crippen MR) is 38.6 cm³/mol. The van der Waals surface area contributed by atoms with Gasteiger partial charge in [-0.3, -0.25) is 0 Å². The Bertz CT molecular complexity index is 88.9. The highest BCUT2D eigenvalue weighted by molar-refractivity contribution is 5.81. The van der Waals surface area contributed by atoms with Crippen LogP contribution >= 0.6 is 0 Å². The summed E-state index contributed by atoms with van der Waals surface area (Å²) in [7, 11) is 0. The van der Waals surface area contributed by atoms with E-state index in [-0.39, 0.29) is 6.61 Å². The maximum Gasteiger partial charge on any atom is 0.0483 e. The average molecular weight is 128 g/mol. The summed E-state index contributed by atoms with van der Waals surface area (Å²) in [5, 5.41) is 15.6. The third-order valence-corrected chi connectivity index (χ3v) is 1.01. The lowest BCUT2D eigenvalue weighted by Crippen LogP contribution is -2.03. The van der Waals surface area contributed by atoms with Crippen LogP contribution in [-0.2, 0) is 0 Å². The molecule has 1 radical (unpaired) electrons. The molecule has 2 N–H and O–H groups in total. The molecule has 0 bridgehead atoms. The third-order valence-electron chi connectivity index (χ3n) is 1.01. The Labute approximate surface area is 56.4 Å². The first-order chi connectivity index (χ1) is 4.16. The number of aliphatic hydroxyl groups excluding tert-OH is 1. The maximum absolute atomic E-state index is 8.39. The molecule has 9 heavy (non-hydrogen) atoms. The van der Waals surface area contributed by atoms with Gasteiger partial charge >= 0.3 is 0 Å². The van der Waals surface area contributed by atoms with Crippen LogP contribution in [0, 0.1) is 18.3 Å². The molecule has 0 rings (SSSR count). The standard InChI is InChI=1S/C7H14NO/c1-6(2)5-7(8)3-4-9/h6,8-9H,1,3-5H2,2H3. The quantitative estimate of drug-likeness (QED) is 0.550. The Kier molecular flexibility index (Phi) is 4.32. The van der Waals surface area contributed by atoms with Crippen LogP contribution in [0.4, 0.5) is 0 Å². The fraction of sp³-hybridized carbons (Fsp3) is 0.714. The first-order valence-corrected chi connectivity index (χ1v) is 3.17. The second kappa shape index (κ2) is 4.50. The summed E-state index contributed by atoms with van der Waals surface area (Å²) in [5.74, 6) is 0.295. The minimum Gasteiger partial charge on any atom is -0.396 e. The second-order valence-corrected chi connectivity index (χ2v) is 2.39. The average Bonchev–Trinajstić information content (AvgIpc) is 1.63. The molecular weight excluding hydrogens is 114 g/mol. The number of hydrogen-bond acceptors (Lipinski definition) is 2. The van der Waals surface area contributed by atoms with E-state index in [0.717, 1.165) is 0 Å². The Hall–Kier alpha value is -0.370. The Morgan fingerprint density at radius 2 is 2.33 bits per heavy atom. The lowest BCUT2D eigenvalue weighted by Gasteiger charge is -2.03. The van der Waals surface area contributed by atoms with Crippen LogP contribution in [0.25, 0.3) is 0 Å². The third kappa shape index (κ3) is 5.50. The van der Waals surface area contributed by atoms with Crippen LogP contribution in [0.3, 0.4) is 0 Å². The van der Waals surface area contributed by atoms with Crippen LogP contribution < -0.4 is 0 Å². The summed E-state index contributed by atoms with van der Waals surface area (Å²) < 4.78 is 0. The summed E-state index contributed by atoms with van der Waals surface area (Å²) in [4.78, 5) is 0. The molecule has 0 aliphatic carbocycles. The van der Waals surface area contributed by atoms with E-state index in [9.17, 15) is 0 Å². The Morgan fingerprint density at radius 3 is 2.67 bits per heavy atom. The van der Waals surface area contributed by atoms with E-state index in [1.165, 1.54) is 0 Å². The minimum absolute atomic E-state index is 0.0888. The topological polar surface area (TPSA) is 44.1 Å². The SMILES string of the molecule is [CH2]C(C)CC(=N)CCO.